The van der Waals surface area contributed by atoms with Crippen molar-refractivity contribution < 1.29 is 19.4 Å². The van der Waals surface area contributed by atoms with Crippen LogP contribution < -0.4 is 10.6 Å². The lowest BCUT2D eigenvalue weighted by Crippen LogP contribution is -2.50. The number of ether oxygens (including phenoxy) is 1. The van der Waals surface area contributed by atoms with Crippen LogP contribution in [0.4, 0.5) is 0 Å². The van der Waals surface area contributed by atoms with Gasteiger partial charge in [0.1, 0.15) is 6.04 Å². The van der Waals surface area contributed by atoms with E-state index in [-0.39, 0.29) is 24.5 Å². The van der Waals surface area contributed by atoms with Crippen LogP contribution in [0.15, 0.2) is 37.0 Å². The van der Waals surface area contributed by atoms with Crippen molar-refractivity contribution in [3.05, 3.63) is 37.0 Å². The van der Waals surface area contributed by atoms with Crippen molar-refractivity contribution in [2.75, 3.05) is 13.7 Å². The van der Waals surface area contributed by atoms with Gasteiger partial charge in [-0.1, -0.05) is 43.9 Å². The summed E-state index contributed by atoms with van der Waals surface area (Å²) in [5.41, 5.74) is 0.607. The van der Waals surface area contributed by atoms with E-state index in [9.17, 15) is 14.7 Å². The highest BCUT2D eigenvalue weighted by Gasteiger charge is 2.34. The number of allylic oxidation sites excluding steroid dienone is 3. The Labute approximate surface area is 143 Å². The molecule has 24 heavy (non-hydrogen) atoms. The van der Waals surface area contributed by atoms with Crippen LogP contribution in [0.2, 0.25) is 0 Å². The summed E-state index contributed by atoms with van der Waals surface area (Å²) in [6, 6.07) is -0.902. The van der Waals surface area contributed by atoms with Gasteiger partial charge in [-0.15, -0.1) is 0 Å². The van der Waals surface area contributed by atoms with Gasteiger partial charge in [0.15, 0.2) is 0 Å². The third kappa shape index (κ3) is 5.94. The van der Waals surface area contributed by atoms with Gasteiger partial charge in [-0.05, 0) is 19.4 Å². The fraction of sp³-hybridized carbons (Fsp3) is 0.556. The number of carbonyl (C=O) groups excluding carboxylic acids is 1. The quantitative estimate of drug-likeness (QED) is 0.528. The third-order valence-electron chi connectivity index (χ3n) is 4.22. The summed E-state index contributed by atoms with van der Waals surface area (Å²) in [4.78, 5) is 23.9. The Morgan fingerprint density at radius 3 is 2.71 bits per heavy atom. The van der Waals surface area contributed by atoms with Gasteiger partial charge in [-0.2, -0.15) is 0 Å². The maximum atomic E-state index is 12.5. The molecular weight excluding hydrogens is 308 g/mol. The normalized spacial score (nSPS) is 21.2. The number of carbonyl (C=O) groups is 2. The Bertz CT molecular complexity index is 495. The summed E-state index contributed by atoms with van der Waals surface area (Å²) in [7, 11) is 1.57. The summed E-state index contributed by atoms with van der Waals surface area (Å²) in [6.45, 7) is 10.0. The molecule has 0 aromatic heterocycles. The molecule has 0 aromatic carbocycles. The standard InChI is InChI=1S/C18H28N2O4/c1-5-6-8-12(2)11-15(18(22)23)20-17(21)13(3)16(24-4)14-9-7-10-19-14/h5-6,8,13-16,19H,1-2,7,9-11H2,3-4H3,(H,20,21)(H,22,23)/b8-6-. The molecule has 1 aliphatic rings. The predicted molar refractivity (Wildman–Crippen MR) is 93.6 cm³/mol. The van der Waals surface area contributed by atoms with E-state index in [4.69, 9.17) is 4.74 Å². The number of amides is 1. The Hall–Kier alpha value is -1.92. The molecule has 0 spiro atoms. The molecule has 134 valence electrons. The van der Waals surface area contributed by atoms with Crippen molar-refractivity contribution in [1.29, 1.82) is 0 Å². The molecule has 1 heterocycles. The highest BCUT2D eigenvalue weighted by Crippen LogP contribution is 2.19. The molecule has 1 saturated heterocycles. The third-order valence-corrected chi connectivity index (χ3v) is 4.22. The van der Waals surface area contributed by atoms with Crippen LogP contribution >= 0.6 is 0 Å². The van der Waals surface area contributed by atoms with Crippen molar-refractivity contribution in [1.82, 2.24) is 10.6 Å². The van der Waals surface area contributed by atoms with E-state index in [0.29, 0.717) is 5.57 Å². The minimum Gasteiger partial charge on any atom is -0.480 e. The highest BCUT2D eigenvalue weighted by molar-refractivity contribution is 5.85. The van der Waals surface area contributed by atoms with Crippen molar-refractivity contribution in [3.63, 3.8) is 0 Å². The summed E-state index contributed by atoms with van der Waals surface area (Å²) in [6.07, 6.45) is 6.79. The number of carboxylic acid groups (broad SMARTS) is 1. The fourth-order valence-corrected chi connectivity index (χ4v) is 2.90. The summed E-state index contributed by atoms with van der Waals surface area (Å²) in [5, 5.41) is 15.3. The zero-order valence-corrected chi connectivity index (χ0v) is 14.5. The smallest absolute Gasteiger partial charge is 0.326 e. The molecule has 4 atom stereocenters. The van der Waals surface area contributed by atoms with E-state index < -0.39 is 17.9 Å². The molecule has 6 nitrogen and oxygen atoms in total. The van der Waals surface area contributed by atoms with Crippen molar-refractivity contribution >= 4 is 11.9 Å². The first-order valence-corrected chi connectivity index (χ1v) is 8.17. The van der Waals surface area contributed by atoms with Gasteiger partial charge in [0.25, 0.3) is 0 Å². The molecular formula is C18H28N2O4. The zero-order valence-electron chi connectivity index (χ0n) is 14.5. The first-order chi connectivity index (χ1) is 11.4. The molecule has 1 fully saturated rings. The topological polar surface area (TPSA) is 87.7 Å². The van der Waals surface area contributed by atoms with Gasteiger partial charge in [0.05, 0.1) is 12.0 Å². The van der Waals surface area contributed by atoms with E-state index in [1.807, 2.05) is 0 Å². The minimum atomic E-state index is -1.09. The molecule has 0 aromatic rings. The zero-order chi connectivity index (χ0) is 18.1. The van der Waals surface area contributed by atoms with E-state index >= 15 is 0 Å². The first-order valence-electron chi connectivity index (χ1n) is 8.17. The number of hydrogen-bond acceptors (Lipinski definition) is 4. The second-order valence-electron chi connectivity index (χ2n) is 6.05. The molecule has 0 aliphatic carbocycles. The van der Waals surface area contributed by atoms with E-state index in [2.05, 4.69) is 23.8 Å². The summed E-state index contributed by atoms with van der Waals surface area (Å²) >= 11 is 0. The van der Waals surface area contributed by atoms with Crippen LogP contribution in [-0.4, -0.2) is 48.8 Å². The predicted octanol–water partition coefficient (Wildman–Crippen LogP) is 1.65. The van der Waals surface area contributed by atoms with Crippen molar-refractivity contribution in [2.45, 2.75) is 44.4 Å². The number of nitrogens with one attached hydrogen (secondary N) is 2. The van der Waals surface area contributed by atoms with Gasteiger partial charge < -0.3 is 20.5 Å². The molecule has 1 rings (SSSR count). The Morgan fingerprint density at radius 2 is 2.21 bits per heavy atom. The van der Waals surface area contributed by atoms with Gasteiger partial charge >= 0.3 is 5.97 Å². The molecule has 4 unspecified atom stereocenters. The Morgan fingerprint density at radius 1 is 1.50 bits per heavy atom. The first kappa shape index (κ1) is 20.1. The number of hydrogen-bond donors (Lipinski definition) is 3. The lowest BCUT2D eigenvalue weighted by Gasteiger charge is -2.28. The van der Waals surface area contributed by atoms with Crippen LogP contribution in [0.1, 0.15) is 26.2 Å². The number of methoxy groups -OCH3 is 1. The van der Waals surface area contributed by atoms with Crippen LogP contribution in [0, 0.1) is 5.92 Å². The minimum absolute atomic E-state index is 0.115. The van der Waals surface area contributed by atoms with Gasteiger partial charge in [-0.3, -0.25) is 4.79 Å². The van der Waals surface area contributed by atoms with E-state index in [1.165, 1.54) is 0 Å². The molecule has 1 amide bonds. The highest BCUT2D eigenvalue weighted by atomic mass is 16.5. The number of rotatable bonds is 10. The van der Waals surface area contributed by atoms with E-state index in [1.54, 1.807) is 32.3 Å². The Balaban J connectivity index is 2.68. The largest absolute Gasteiger partial charge is 0.480 e. The van der Waals surface area contributed by atoms with Gasteiger partial charge in [-0.25, -0.2) is 4.79 Å². The number of aliphatic carboxylic acids is 1. The SMILES string of the molecule is C=C/C=C\C(=C)CC(NC(=O)C(C)C(OC)C1CCCN1)C(=O)O. The average molecular weight is 336 g/mol. The molecule has 6 heteroatoms. The molecule has 3 N–H and O–H groups in total. The summed E-state index contributed by atoms with van der Waals surface area (Å²) < 4.78 is 5.48. The molecule has 1 aliphatic heterocycles. The Kier molecular flexibility index (Phi) is 8.43. The maximum absolute atomic E-state index is 12.5. The molecule has 0 radical (unpaired) electrons. The number of carboxylic acids is 1. The summed E-state index contributed by atoms with van der Waals surface area (Å²) in [5.74, 6) is -1.87. The second kappa shape index (κ2) is 10.1. The van der Waals surface area contributed by atoms with Crippen LogP contribution in [0.5, 0.6) is 0 Å². The molecule has 0 bridgehead atoms. The fourth-order valence-electron chi connectivity index (χ4n) is 2.90. The van der Waals surface area contributed by atoms with E-state index in [0.717, 1.165) is 19.4 Å². The van der Waals surface area contributed by atoms with Crippen molar-refractivity contribution in [2.24, 2.45) is 5.92 Å². The van der Waals surface area contributed by atoms with Crippen molar-refractivity contribution in [3.8, 4) is 0 Å². The maximum Gasteiger partial charge on any atom is 0.326 e. The lowest BCUT2D eigenvalue weighted by molar-refractivity contribution is -0.143. The lowest BCUT2D eigenvalue weighted by atomic mass is 9.95. The van der Waals surface area contributed by atoms with Crippen LogP contribution in [-0.2, 0) is 14.3 Å². The van der Waals surface area contributed by atoms with Gasteiger partial charge in [0.2, 0.25) is 5.91 Å². The van der Waals surface area contributed by atoms with Crippen LogP contribution in [0.25, 0.3) is 0 Å². The molecule has 0 saturated carbocycles. The average Bonchev–Trinajstić information content (AvgIpc) is 3.06. The monoisotopic (exact) mass is 336 g/mol. The second-order valence-corrected chi connectivity index (χ2v) is 6.05. The van der Waals surface area contributed by atoms with Crippen LogP contribution in [0.3, 0.4) is 0 Å². The van der Waals surface area contributed by atoms with Gasteiger partial charge in [0, 0.05) is 19.6 Å².